The van der Waals surface area contributed by atoms with E-state index in [2.05, 4.69) is 0 Å². The topological polar surface area (TPSA) is 86.0 Å². The Morgan fingerprint density at radius 2 is 1.96 bits per heavy atom. The zero-order valence-electron chi connectivity index (χ0n) is 12.6. The van der Waals surface area contributed by atoms with Gasteiger partial charge >= 0.3 is 5.97 Å². The number of aliphatic hydroxyl groups excluding tert-OH is 1. The molecule has 0 saturated carbocycles. The lowest BCUT2D eigenvalue weighted by Crippen LogP contribution is -2.11. The van der Waals surface area contributed by atoms with Crippen LogP contribution in [0.5, 0.6) is 5.75 Å². The Bertz CT molecular complexity index is 970. The van der Waals surface area contributed by atoms with Crippen molar-refractivity contribution in [1.82, 2.24) is 0 Å². The minimum atomic E-state index is -0.617. The normalized spacial score (nSPS) is 10.9. The molecule has 118 valence electrons. The fraction of sp³-hybridized carbons (Fsp3) is 0.176. The first-order valence-corrected chi connectivity index (χ1v) is 6.86. The number of rotatable bonds is 3. The van der Waals surface area contributed by atoms with Crippen LogP contribution in [0.25, 0.3) is 21.9 Å². The highest BCUT2D eigenvalue weighted by Crippen LogP contribution is 2.29. The van der Waals surface area contributed by atoms with Crippen LogP contribution >= 0.6 is 0 Å². The van der Waals surface area contributed by atoms with Gasteiger partial charge in [-0.15, -0.1) is 0 Å². The first kappa shape index (κ1) is 15.1. The molecule has 0 amide bonds. The Morgan fingerprint density at radius 3 is 2.61 bits per heavy atom. The van der Waals surface area contributed by atoms with Crippen molar-refractivity contribution in [3.8, 4) is 5.75 Å². The summed E-state index contributed by atoms with van der Waals surface area (Å²) >= 11 is 0. The highest BCUT2D eigenvalue weighted by atomic mass is 16.5. The molecule has 6 nitrogen and oxygen atoms in total. The van der Waals surface area contributed by atoms with E-state index >= 15 is 0 Å². The fourth-order valence-electron chi connectivity index (χ4n) is 2.57. The smallest absolute Gasteiger partial charge is 0.338 e. The van der Waals surface area contributed by atoms with Crippen LogP contribution in [-0.2, 0) is 11.3 Å². The number of benzene rings is 2. The van der Waals surface area contributed by atoms with Gasteiger partial charge in [-0.05, 0) is 29.8 Å². The Kier molecular flexibility index (Phi) is 3.75. The van der Waals surface area contributed by atoms with Gasteiger partial charge < -0.3 is 19.0 Å². The number of fused-ring (bicyclic) bond motifs is 2. The molecule has 0 unspecified atom stereocenters. The van der Waals surface area contributed by atoms with Gasteiger partial charge in [0.15, 0.2) is 0 Å². The van der Waals surface area contributed by atoms with Crippen LogP contribution in [0.4, 0.5) is 0 Å². The van der Waals surface area contributed by atoms with E-state index < -0.39 is 5.97 Å². The third kappa shape index (κ3) is 2.33. The summed E-state index contributed by atoms with van der Waals surface area (Å²) in [6, 6.07) is 7.85. The quantitative estimate of drug-likeness (QED) is 0.589. The SMILES string of the molecule is COC(=O)c1cccc2oc3cc(CO)cc(OC)c3c(=O)c12. The highest BCUT2D eigenvalue weighted by Gasteiger charge is 2.19. The number of methoxy groups -OCH3 is 2. The predicted molar refractivity (Wildman–Crippen MR) is 83.8 cm³/mol. The van der Waals surface area contributed by atoms with Crippen molar-refractivity contribution in [2.75, 3.05) is 14.2 Å². The summed E-state index contributed by atoms with van der Waals surface area (Å²) in [5, 5.41) is 9.67. The first-order chi connectivity index (χ1) is 11.1. The standard InChI is InChI=1S/C17H14O6/c1-21-12-6-9(8-18)7-13-15(12)16(19)14-10(17(20)22-2)4-3-5-11(14)23-13/h3-7,18H,8H2,1-2H3. The average Bonchev–Trinajstić information content (AvgIpc) is 2.59. The molecular formula is C17H14O6. The molecule has 3 rings (SSSR count). The van der Waals surface area contributed by atoms with Gasteiger partial charge in [-0.25, -0.2) is 4.79 Å². The van der Waals surface area contributed by atoms with Gasteiger partial charge in [0, 0.05) is 0 Å². The van der Waals surface area contributed by atoms with E-state index in [1.807, 2.05) is 0 Å². The predicted octanol–water partition coefficient (Wildman–Crippen LogP) is 2.23. The first-order valence-electron chi connectivity index (χ1n) is 6.86. The van der Waals surface area contributed by atoms with Crippen molar-refractivity contribution in [3.05, 3.63) is 51.7 Å². The minimum absolute atomic E-state index is 0.133. The molecule has 0 aliphatic rings. The third-order valence-corrected chi connectivity index (χ3v) is 3.63. The summed E-state index contributed by atoms with van der Waals surface area (Å²) in [7, 11) is 2.67. The minimum Gasteiger partial charge on any atom is -0.496 e. The van der Waals surface area contributed by atoms with E-state index in [1.165, 1.54) is 20.3 Å². The monoisotopic (exact) mass is 314 g/mol. The number of carbonyl (C=O) groups is 1. The molecule has 0 fully saturated rings. The lowest BCUT2D eigenvalue weighted by Gasteiger charge is -2.09. The molecule has 6 heteroatoms. The summed E-state index contributed by atoms with van der Waals surface area (Å²) < 4.78 is 15.7. The number of hydrogen-bond donors (Lipinski definition) is 1. The molecule has 0 saturated heterocycles. The number of ether oxygens (including phenoxy) is 2. The summed E-state index contributed by atoms with van der Waals surface area (Å²) in [5.74, 6) is -0.338. The summed E-state index contributed by atoms with van der Waals surface area (Å²) in [6.45, 7) is -0.212. The zero-order chi connectivity index (χ0) is 16.6. The molecule has 3 aromatic rings. The lowest BCUT2D eigenvalue weighted by molar-refractivity contribution is 0.0603. The largest absolute Gasteiger partial charge is 0.496 e. The maximum absolute atomic E-state index is 12.9. The van der Waals surface area contributed by atoms with Crippen molar-refractivity contribution in [1.29, 1.82) is 0 Å². The third-order valence-electron chi connectivity index (χ3n) is 3.63. The Hall–Kier alpha value is -2.86. The second-order valence-corrected chi connectivity index (χ2v) is 4.93. The van der Waals surface area contributed by atoms with Crippen LogP contribution in [0.15, 0.2) is 39.5 Å². The zero-order valence-corrected chi connectivity index (χ0v) is 12.6. The molecule has 1 aromatic heterocycles. The van der Waals surface area contributed by atoms with E-state index in [9.17, 15) is 14.7 Å². The summed E-state index contributed by atoms with van der Waals surface area (Å²) in [4.78, 5) is 24.8. The molecule has 1 heterocycles. The molecular weight excluding hydrogens is 300 g/mol. The van der Waals surface area contributed by atoms with Gasteiger partial charge in [-0.2, -0.15) is 0 Å². The molecule has 0 radical (unpaired) electrons. The second-order valence-electron chi connectivity index (χ2n) is 4.93. The Morgan fingerprint density at radius 1 is 1.17 bits per heavy atom. The van der Waals surface area contributed by atoms with Gasteiger partial charge in [0.2, 0.25) is 5.43 Å². The van der Waals surface area contributed by atoms with E-state index in [0.29, 0.717) is 5.56 Å². The van der Waals surface area contributed by atoms with Crippen LogP contribution in [0.3, 0.4) is 0 Å². The average molecular weight is 314 g/mol. The summed E-state index contributed by atoms with van der Waals surface area (Å²) in [6.07, 6.45) is 0. The Balaban J connectivity index is 2.51. The van der Waals surface area contributed by atoms with Crippen molar-refractivity contribution in [2.45, 2.75) is 6.61 Å². The number of carbonyl (C=O) groups excluding carboxylic acids is 1. The van der Waals surface area contributed by atoms with Crippen molar-refractivity contribution in [2.24, 2.45) is 0 Å². The Labute approximate surface area is 130 Å². The molecule has 1 N–H and O–H groups in total. The van der Waals surface area contributed by atoms with E-state index in [4.69, 9.17) is 13.9 Å². The molecule has 0 bridgehead atoms. The number of esters is 1. The van der Waals surface area contributed by atoms with Crippen molar-refractivity contribution in [3.63, 3.8) is 0 Å². The molecule has 0 atom stereocenters. The lowest BCUT2D eigenvalue weighted by atomic mass is 10.0. The fourth-order valence-corrected chi connectivity index (χ4v) is 2.57. The molecule has 23 heavy (non-hydrogen) atoms. The number of hydrogen-bond acceptors (Lipinski definition) is 6. The van der Waals surface area contributed by atoms with E-state index in [0.717, 1.165) is 0 Å². The van der Waals surface area contributed by atoms with E-state index in [-0.39, 0.29) is 45.3 Å². The molecule has 2 aromatic carbocycles. The van der Waals surface area contributed by atoms with Gasteiger partial charge in [-0.1, -0.05) is 6.07 Å². The van der Waals surface area contributed by atoms with Gasteiger partial charge in [0.25, 0.3) is 0 Å². The van der Waals surface area contributed by atoms with Crippen LogP contribution in [-0.4, -0.2) is 25.3 Å². The van der Waals surface area contributed by atoms with Gasteiger partial charge in [0.1, 0.15) is 22.3 Å². The van der Waals surface area contributed by atoms with E-state index in [1.54, 1.807) is 24.3 Å². The maximum Gasteiger partial charge on any atom is 0.338 e. The highest BCUT2D eigenvalue weighted by molar-refractivity contribution is 6.06. The molecule has 0 aliphatic heterocycles. The number of aliphatic hydroxyl groups is 1. The molecule has 0 spiro atoms. The second kappa shape index (κ2) is 5.73. The van der Waals surface area contributed by atoms with Gasteiger partial charge in [-0.3, -0.25) is 4.79 Å². The van der Waals surface area contributed by atoms with Crippen LogP contribution < -0.4 is 10.2 Å². The van der Waals surface area contributed by atoms with Crippen LogP contribution in [0.2, 0.25) is 0 Å². The van der Waals surface area contributed by atoms with Crippen molar-refractivity contribution >= 4 is 27.9 Å². The maximum atomic E-state index is 12.9. The van der Waals surface area contributed by atoms with Crippen LogP contribution in [0, 0.1) is 0 Å². The molecule has 0 aliphatic carbocycles. The van der Waals surface area contributed by atoms with Crippen molar-refractivity contribution < 1.29 is 23.8 Å². The summed E-state index contributed by atoms with van der Waals surface area (Å²) in [5.41, 5.74) is 0.856. The van der Waals surface area contributed by atoms with Gasteiger partial charge in [0.05, 0.1) is 31.8 Å². The van der Waals surface area contributed by atoms with Crippen LogP contribution in [0.1, 0.15) is 15.9 Å².